The average Bonchev–Trinajstić information content (AvgIpc) is 3.09. The molecule has 2 heterocycles. The van der Waals surface area contributed by atoms with E-state index in [-0.39, 0.29) is 41.9 Å². The van der Waals surface area contributed by atoms with Crippen LogP contribution in [-0.2, 0) is 0 Å². The molecule has 3 N–H and O–H groups in total. The molecule has 30 heavy (non-hydrogen) atoms. The van der Waals surface area contributed by atoms with Crippen LogP contribution in [-0.4, -0.2) is 34.8 Å². The number of benzene rings is 2. The van der Waals surface area contributed by atoms with Crippen LogP contribution >= 0.6 is 12.4 Å². The minimum Gasteiger partial charge on any atom is -0.477 e. The Morgan fingerprint density at radius 3 is 2.40 bits per heavy atom. The lowest BCUT2D eigenvalue weighted by Gasteiger charge is -2.22. The highest BCUT2D eigenvalue weighted by molar-refractivity contribution is 5.94. The zero-order valence-corrected chi connectivity index (χ0v) is 16.3. The average molecular weight is 440 g/mol. The number of anilines is 1. The molecule has 0 spiro atoms. The fourth-order valence-electron chi connectivity index (χ4n) is 3.64. The summed E-state index contributed by atoms with van der Waals surface area (Å²) < 4.78 is 44.8. The van der Waals surface area contributed by atoms with Gasteiger partial charge in [0.2, 0.25) is 5.43 Å². The Hall–Kier alpha value is -3.04. The van der Waals surface area contributed by atoms with Crippen LogP contribution in [0.25, 0.3) is 16.6 Å². The number of pyridine rings is 1. The Labute approximate surface area is 174 Å². The quantitative estimate of drug-likeness (QED) is 0.655. The van der Waals surface area contributed by atoms with E-state index in [0.29, 0.717) is 13.0 Å². The number of fused-ring (bicyclic) bond motifs is 1. The Morgan fingerprint density at radius 2 is 1.83 bits per heavy atom. The number of carboxylic acids is 1. The zero-order chi connectivity index (χ0) is 20.9. The van der Waals surface area contributed by atoms with Gasteiger partial charge < -0.3 is 20.3 Å². The van der Waals surface area contributed by atoms with Crippen molar-refractivity contribution in [3.8, 4) is 5.69 Å². The van der Waals surface area contributed by atoms with E-state index in [9.17, 15) is 23.5 Å². The molecule has 4 rings (SSSR count). The lowest BCUT2D eigenvalue weighted by Crippen LogP contribution is -2.28. The molecule has 1 fully saturated rings. The molecule has 1 unspecified atom stereocenters. The first-order valence-electron chi connectivity index (χ1n) is 8.85. The Kier molecular flexibility index (Phi) is 5.78. The maximum Gasteiger partial charge on any atom is 0.341 e. The van der Waals surface area contributed by atoms with Crippen molar-refractivity contribution in [2.24, 2.45) is 5.73 Å². The highest BCUT2D eigenvalue weighted by Crippen LogP contribution is 2.33. The molecule has 6 nitrogen and oxygen atoms in total. The molecule has 2 aromatic carbocycles. The van der Waals surface area contributed by atoms with E-state index in [4.69, 9.17) is 5.73 Å². The minimum absolute atomic E-state index is 0. The highest BCUT2D eigenvalue weighted by atomic mass is 35.5. The first-order chi connectivity index (χ1) is 13.8. The third kappa shape index (κ3) is 3.50. The van der Waals surface area contributed by atoms with Crippen LogP contribution < -0.4 is 16.1 Å². The van der Waals surface area contributed by atoms with E-state index in [1.165, 1.54) is 17.0 Å². The third-order valence-electron chi connectivity index (χ3n) is 5.03. The van der Waals surface area contributed by atoms with E-state index in [2.05, 4.69) is 0 Å². The van der Waals surface area contributed by atoms with Gasteiger partial charge in [-0.25, -0.2) is 18.0 Å². The second kappa shape index (κ2) is 8.00. The van der Waals surface area contributed by atoms with E-state index in [0.717, 1.165) is 29.0 Å². The Bertz CT molecular complexity index is 1200. The lowest BCUT2D eigenvalue weighted by molar-refractivity contribution is 0.0695. The first kappa shape index (κ1) is 21.7. The molecule has 1 aliphatic heterocycles. The van der Waals surface area contributed by atoms with Crippen molar-refractivity contribution >= 4 is 35.0 Å². The summed E-state index contributed by atoms with van der Waals surface area (Å²) in [7, 11) is 0. The number of nitrogens with zero attached hydrogens (tertiary/aromatic N) is 2. The SMILES string of the molecule is Cl.NC1CCN(c2c(F)cc3c(=O)c(C(=O)O)cn(-c4ccc(F)cc4)c3c2F)C1. The summed E-state index contributed by atoms with van der Waals surface area (Å²) in [5, 5.41) is 8.93. The van der Waals surface area contributed by atoms with Gasteiger partial charge in [0.1, 0.15) is 22.9 Å². The van der Waals surface area contributed by atoms with Crippen molar-refractivity contribution in [1.82, 2.24) is 4.57 Å². The monoisotopic (exact) mass is 439 g/mol. The van der Waals surface area contributed by atoms with Gasteiger partial charge in [-0.2, -0.15) is 0 Å². The summed E-state index contributed by atoms with van der Waals surface area (Å²) in [6.07, 6.45) is 1.51. The standard InChI is InChI=1S/C20H16F3N3O3.ClH/c21-10-1-3-12(4-2-10)26-9-14(20(28)29)19(27)13-7-15(22)18(16(23)17(13)26)25-6-5-11(24)8-25;/h1-4,7,9,11H,5-6,8,24H2,(H,28,29);1H. The number of aromatic nitrogens is 1. The maximum absolute atomic E-state index is 15.5. The zero-order valence-electron chi connectivity index (χ0n) is 15.4. The summed E-state index contributed by atoms with van der Waals surface area (Å²) in [6.45, 7) is 0.585. The first-order valence-corrected chi connectivity index (χ1v) is 8.85. The summed E-state index contributed by atoms with van der Waals surface area (Å²) in [6, 6.07) is 5.44. The largest absolute Gasteiger partial charge is 0.477 e. The number of hydrogen-bond acceptors (Lipinski definition) is 4. The predicted molar refractivity (Wildman–Crippen MR) is 108 cm³/mol. The van der Waals surface area contributed by atoms with Gasteiger partial charge in [-0.05, 0) is 36.8 Å². The van der Waals surface area contributed by atoms with Crippen LogP contribution in [0, 0.1) is 17.5 Å². The second-order valence-electron chi connectivity index (χ2n) is 6.94. The Balaban J connectivity index is 0.00000256. The van der Waals surface area contributed by atoms with Crippen molar-refractivity contribution in [2.75, 3.05) is 18.0 Å². The number of nitrogens with two attached hydrogens (primary N) is 1. The fourth-order valence-corrected chi connectivity index (χ4v) is 3.64. The van der Waals surface area contributed by atoms with Gasteiger partial charge in [0, 0.05) is 31.0 Å². The van der Waals surface area contributed by atoms with E-state index in [1.807, 2.05) is 0 Å². The molecule has 0 radical (unpaired) electrons. The van der Waals surface area contributed by atoms with Crippen molar-refractivity contribution in [2.45, 2.75) is 12.5 Å². The number of hydrogen-bond donors (Lipinski definition) is 2. The van der Waals surface area contributed by atoms with Gasteiger partial charge in [-0.1, -0.05) is 0 Å². The molecule has 0 aliphatic carbocycles. The molecule has 0 saturated carbocycles. The maximum atomic E-state index is 15.5. The van der Waals surface area contributed by atoms with Crippen LogP contribution in [0.3, 0.4) is 0 Å². The van der Waals surface area contributed by atoms with Gasteiger partial charge in [0.15, 0.2) is 5.82 Å². The van der Waals surface area contributed by atoms with Crippen molar-refractivity contribution in [3.63, 3.8) is 0 Å². The van der Waals surface area contributed by atoms with E-state index >= 15 is 4.39 Å². The van der Waals surface area contributed by atoms with Crippen LogP contribution in [0.15, 0.2) is 41.3 Å². The third-order valence-corrected chi connectivity index (χ3v) is 5.03. The van der Waals surface area contributed by atoms with Gasteiger partial charge in [0.05, 0.1) is 10.9 Å². The van der Waals surface area contributed by atoms with E-state index in [1.54, 1.807) is 0 Å². The van der Waals surface area contributed by atoms with Gasteiger partial charge in [0.25, 0.3) is 0 Å². The van der Waals surface area contributed by atoms with Crippen molar-refractivity contribution in [1.29, 1.82) is 0 Å². The number of carbonyl (C=O) groups is 1. The number of carboxylic acid groups (broad SMARTS) is 1. The molecule has 3 aromatic rings. The van der Waals surface area contributed by atoms with Gasteiger partial charge in [-0.15, -0.1) is 12.4 Å². The van der Waals surface area contributed by atoms with E-state index < -0.39 is 39.8 Å². The second-order valence-corrected chi connectivity index (χ2v) is 6.94. The molecule has 1 aromatic heterocycles. The lowest BCUT2D eigenvalue weighted by atomic mass is 10.1. The molecule has 10 heteroatoms. The number of halogens is 4. The van der Waals surface area contributed by atoms with Crippen LogP contribution in [0.4, 0.5) is 18.9 Å². The van der Waals surface area contributed by atoms with Gasteiger partial charge >= 0.3 is 5.97 Å². The van der Waals surface area contributed by atoms with Crippen LogP contribution in [0.5, 0.6) is 0 Å². The summed E-state index contributed by atoms with van der Waals surface area (Å²) >= 11 is 0. The molecular weight excluding hydrogens is 423 g/mol. The Morgan fingerprint density at radius 1 is 1.17 bits per heavy atom. The van der Waals surface area contributed by atoms with Crippen molar-refractivity contribution < 1.29 is 23.1 Å². The van der Waals surface area contributed by atoms with Crippen molar-refractivity contribution in [3.05, 3.63) is 69.8 Å². The normalized spacial score (nSPS) is 16.0. The highest BCUT2D eigenvalue weighted by Gasteiger charge is 2.28. The smallest absolute Gasteiger partial charge is 0.341 e. The van der Waals surface area contributed by atoms with Crippen LogP contribution in [0.2, 0.25) is 0 Å². The predicted octanol–water partition coefficient (Wildman–Crippen LogP) is 3.07. The summed E-state index contributed by atoms with van der Waals surface area (Å²) in [4.78, 5) is 25.5. The molecule has 0 bridgehead atoms. The number of rotatable bonds is 3. The number of aromatic carboxylic acids is 1. The van der Waals surface area contributed by atoms with Gasteiger partial charge in [-0.3, -0.25) is 4.79 Å². The molecular formula is C20H17ClF3N3O3. The van der Waals surface area contributed by atoms with Crippen LogP contribution in [0.1, 0.15) is 16.8 Å². The molecule has 158 valence electrons. The fraction of sp³-hybridized carbons (Fsp3) is 0.200. The molecule has 0 amide bonds. The summed E-state index contributed by atoms with van der Waals surface area (Å²) in [5.74, 6) is -4.07. The molecule has 1 saturated heterocycles. The topological polar surface area (TPSA) is 88.6 Å². The molecule has 1 aliphatic rings. The minimum atomic E-state index is -1.54. The molecule has 1 atom stereocenters. The summed E-state index contributed by atoms with van der Waals surface area (Å²) in [5.41, 5.74) is 3.78.